The van der Waals surface area contributed by atoms with Gasteiger partial charge in [-0.15, -0.1) is 0 Å². The molecule has 1 unspecified atom stereocenters. The van der Waals surface area contributed by atoms with Crippen molar-refractivity contribution in [1.29, 1.82) is 0 Å². The van der Waals surface area contributed by atoms with E-state index in [9.17, 15) is 18.9 Å². The van der Waals surface area contributed by atoms with Gasteiger partial charge < -0.3 is 10.6 Å². The first-order valence-corrected chi connectivity index (χ1v) is 6.19. The van der Waals surface area contributed by atoms with E-state index < -0.39 is 22.2 Å². The molecule has 1 aliphatic heterocycles. The van der Waals surface area contributed by atoms with E-state index in [2.05, 4.69) is 10.6 Å². The van der Waals surface area contributed by atoms with Gasteiger partial charge in [0.15, 0.2) is 17.3 Å². The van der Waals surface area contributed by atoms with Gasteiger partial charge in [0.25, 0.3) is 5.69 Å². The number of anilines is 1. The van der Waals surface area contributed by atoms with E-state index in [-0.39, 0.29) is 11.7 Å². The Morgan fingerprint density at radius 1 is 1.37 bits per heavy atom. The number of nitrogens with zero attached hydrogens (tertiary/aromatic N) is 1. The number of hydrogen-bond donors (Lipinski definition) is 2. The number of nitro groups is 1. The molecule has 2 N–H and O–H groups in total. The van der Waals surface area contributed by atoms with Gasteiger partial charge in [0.2, 0.25) is 0 Å². The summed E-state index contributed by atoms with van der Waals surface area (Å²) in [6.07, 6.45) is 2.71. The predicted molar refractivity (Wildman–Crippen MR) is 67.1 cm³/mol. The standard InChI is InChI=1S/C12H15F2N3O2/c13-9-4-5-10(17(18)19)12(11(9)14)16-8-3-1-2-6-15-7-8/h4-5,8,15-16H,1-3,6-7H2. The molecule has 0 spiro atoms. The number of nitrogens with one attached hydrogen (secondary N) is 2. The number of benzene rings is 1. The normalized spacial score (nSPS) is 19.8. The third kappa shape index (κ3) is 3.17. The molecule has 104 valence electrons. The first-order valence-electron chi connectivity index (χ1n) is 6.19. The van der Waals surface area contributed by atoms with Gasteiger partial charge in [-0.05, 0) is 25.5 Å². The van der Waals surface area contributed by atoms with Gasteiger partial charge in [0.05, 0.1) is 4.92 Å². The average Bonchev–Trinajstić information content (AvgIpc) is 2.63. The largest absolute Gasteiger partial charge is 0.373 e. The lowest BCUT2D eigenvalue weighted by atomic mass is 10.1. The van der Waals surface area contributed by atoms with Crippen molar-refractivity contribution in [1.82, 2.24) is 5.32 Å². The summed E-state index contributed by atoms with van der Waals surface area (Å²) in [6.45, 7) is 1.44. The lowest BCUT2D eigenvalue weighted by Crippen LogP contribution is -2.31. The summed E-state index contributed by atoms with van der Waals surface area (Å²) in [6, 6.07) is 1.60. The third-order valence-electron chi connectivity index (χ3n) is 3.16. The quantitative estimate of drug-likeness (QED) is 0.654. The first-order chi connectivity index (χ1) is 9.09. The first kappa shape index (κ1) is 13.7. The summed E-state index contributed by atoms with van der Waals surface area (Å²) >= 11 is 0. The Bertz CT molecular complexity index is 474. The van der Waals surface area contributed by atoms with E-state index in [4.69, 9.17) is 0 Å². The molecule has 1 aromatic carbocycles. The highest BCUT2D eigenvalue weighted by molar-refractivity contribution is 5.63. The van der Waals surface area contributed by atoms with Crippen molar-refractivity contribution in [2.24, 2.45) is 0 Å². The lowest BCUT2D eigenvalue weighted by molar-refractivity contribution is -0.384. The van der Waals surface area contributed by atoms with Gasteiger partial charge in [0, 0.05) is 18.7 Å². The van der Waals surface area contributed by atoms with Crippen molar-refractivity contribution >= 4 is 11.4 Å². The molecule has 19 heavy (non-hydrogen) atoms. The maximum Gasteiger partial charge on any atom is 0.295 e. The second-order valence-electron chi connectivity index (χ2n) is 4.55. The molecule has 1 saturated heterocycles. The molecule has 1 fully saturated rings. The third-order valence-corrected chi connectivity index (χ3v) is 3.16. The molecule has 1 aromatic rings. The van der Waals surface area contributed by atoms with Crippen LogP contribution in [0, 0.1) is 21.7 Å². The van der Waals surface area contributed by atoms with Crippen molar-refractivity contribution in [3.05, 3.63) is 33.9 Å². The fourth-order valence-corrected chi connectivity index (χ4v) is 2.18. The molecule has 1 aliphatic rings. The highest BCUT2D eigenvalue weighted by Crippen LogP contribution is 2.30. The Hall–Kier alpha value is -1.76. The van der Waals surface area contributed by atoms with Crippen LogP contribution in [-0.2, 0) is 0 Å². The van der Waals surface area contributed by atoms with Crippen LogP contribution in [0.25, 0.3) is 0 Å². The van der Waals surface area contributed by atoms with Gasteiger partial charge in [-0.2, -0.15) is 0 Å². The highest BCUT2D eigenvalue weighted by Gasteiger charge is 2.24. The Morgan fingerprint density at radius 3 is 2.89 bits per heavy atom. The molecule has 0 aliphatic carbocycles. The van der Waals surface area contributed by atoms with Crippen LogP contribution in [0.2, 0.25) is 0 Å². The molecule has 0 bridgehead atoms. The van der Waals surface area contributed by atoms with E-state index >= 15 is 0 Å². The predicted octanol–water partition coefficient (Wildman–Crippen LogP) is 2.43. The van der Waals surface area contributed by atoms with Gasteiger partial charge in [-0.3, -0.25) is 10.1 Å². The monoisotopic (exact) mass is 271 g/mol. The van der Waals surface area contributed by atoms with Crippen molar-refractivity contribution in [2.45, 2.75) is 25.3 Å². The SMILES string of the molecule is O=[N+]([O-])c1ccc(F)c(F)c1NC1CCCCNC1. The zero-order valence-electron chi connectivity index (χ0n) is 10.3. The Balaban J connectivity index is 2.26. The van der Waals surface area contributed by atoms with E-state index in [1.807, 2.05) is 0 Å². The summed E-state index contributed by atoms with van der Waals surface area (Å²) in [5.74, 6) is -2.28. The zero-order chi connectivity index (χ0) is 13.8. The van der Waals surface area contributed by atoms with Crippen LogP contribution in [-0.4, -0.2) is 24.1 Å². The fraction of sp³-hybridized carbons (Fsp3) is 0.500. The number of rotatable bonds is 3. The summed E-state index contributed by atoms with van der Waals surface area (Å²) in [5, 5.41) is 16.8. The van der Waals surface area contributed by atoms with Crippen LogP contribution < -0.4 is 10.6 Å². The van der Waals surface area contributed by atoms with Crippen LogP contribution in [0.5, 0.6) is 0 Å². The van der Waals surface area contributed by atoms with Crippen LogP contribution >= 0.6 is 0 Å². The van der Waals surface area contributed by atoms with Crippen molar-refractivity contribution in [3.63, 3.8) is 0 Å². The van der Waals surface area contributed by atoms with Gasteiger partial charge in [0.1, 0.15) is 0 Å². The van der Waals surface area contributed by atoms with Gasteiger partial charge in [-0.1, -0.05) is 6.42 Å². The minimum atomic E-state index is -1.20. The minimum Gasteiger partial charge on any atom is -0.373 e. The van der Waals surface area contributed by atoms with E-state index in [1.165, 1.54) is 0 Å². The minimum absolute atomic E-state index is 0.141. The molecule has 1 heterocycles. The van der Waals surface area contributed by atoms with Crippen LogP contribution in [0.4, 0.5) is 20.2 Å². The van der Waals surface area contributed by atoms with Crippen LogP contribution in [0.15, 0.2) is 12.1 Å². The molecular formula is C12H15F2N3O2. The summed E-state index contributed by atoms with van der Waals surface area (Å²) in [4.78, 5) is 10.1. The molecule has 1 atom stereocenters. The maximum absolute atomic E-state index is 13.7. The van der Waals surface area contributed by atoms with Gasteiger partial charge >= 0.3 is 0 Å². The fourth-order valence-electron chi connectivity index (χ4n) is 2.18. The van der Waals surface area contributed by atoms with Crippen molar-refractivity contribution in [3.8, 4) is 0 Å². The number of halogens is 2. The number of hydrogen-bond acceptors (Lipinski definition) is 4. The molecule has 7 heteroatoms. The molecular weight excluding hydrogens is 256 g/mol. The summed E-state index contributed by atoms with van der Waals surface area (Å²) in [5.41, 5.74) is -0.804. The summed E-state index contributed by atoms with van der Waals surface area (Å²) in [7, 11) is 0. The number of nitro benzene ring substituents is 1. The topological polar surface area (TPSA) is 67.2 Å². The van der Waals surface area contributed by atoms with E-state index in [0.717, 1.165) is 37.9 Å². The molecule has 0 aromatic heterocycles. The zero-order valence-corrected chi connectivity index (χ0v) is 10.3. The van der Waals surface area contributed by atoms with E-state index in [0.29, 0.717) is 6.54 Å². The van der Waals surface area contributed by atoms with Crippen molar-refractivity contribution < 1.29 is 13.7 Å². The highest BCUT2D eigenvalue weighted by atomic mass is 19.2. The molecule has 5 nitrogen and oxygen atoms in total. The summed E-state index contributed by atoms with van der Waals surface area (Å²) < 4.78 is 26.9. The molecule has 0 radical (unpaired) electrons. The van der Waals surface area contributed by atoms with Crippen LogP contribution in [0.3, 0.4) is 0 Å². The molecule has 2 rings (SSSR count). The second-order valence-corrected chi connectivity index (χ2v) is 4.55. The Morgan fingerprint density at radius 2 is 2.16 bits per heavy atom. The molecule has 0 amide bonds. The Kier molecular flexibility index (Phi) is 4.26. The van der Waals surface area contributed by atoms with E-state index in [1.54, 1.807) is 0 Å². The average molecular weight is 271 g/mol. The van der Waals surface area contributed by atoms with Crippen LogP contribution in [0.1, 0.15) is 19.3 Å². The van der Waals surface area contributed by atoms with Gasteiger partial charge in [-0.25, -0.2) is 8.78 Å². The Labute approximate surface area is 109 Å². The smallest absolute Gasteiger partial charge is 0.295 e. The molecule has 0 saturated carbocycles. The van der Waals surface area contributed by atoms with Crippen molar-refractivity contribution in [2.75, 3.05) is 18.4 Å². The maximum atomic E-state index is 13.7. The second kappa shape index (κ2) is 5.92. The lowest BCUT2D eigenvalue weighted by Gasteiger charge is -2.18.